The highest BCUT2D eigenvalue weighted by molar-refractivity contribution is 5.96. The van der Waals surface area contributed by atoms with Gasteiger partial charge in [-0.05, 0) is 31.2 Å². The number of aliphatic carboxylic acids is 1. The molecule has 3 aliphatic rings. The van der Waals surface area contributed by atoms with Gasteiger partial charge in [0.2, 0.25) is 0 Å². The molecule has 0 amide bonds. The molecule has 0 spiro atoms. The Bertz CT molecular complexity index is 831. The van der Waals surface area contributed by atoms with Gasteiger partial charge in [0.05, 0.1) is 5.39 Å². The molecule has 0 atom stereocenters. The van der Waals surface area contributed by atoms with E-state index in [0.717, 1.165) is 17.1 Å². The second-order valence-electron chi connectivity index (χ2n) is 6.16. The Morgan fingerprint density at radius 1 is 1.24 bits per heavy atom. The highest BCUT2D eigenvalue weighted by atomic mass is 19.4. The molecule has 0 aliphatic heterocycles. The second kappa shape index (κ2) is 5.60. The molecule has 0 radical (unpaired) electrons. The molecule has 2 aromatic heterocycles. The molecule has 2 aromatic rings. The molecule has 0 saturated heterocycles. The van der Waals surface area contributed by atoms with E-state index in [1.165, 1.54) is 25.6 Å². The molecule has 3 aliphatic carbocycles. The zero-order chi connectivity index (χ0) is 18.4. The summed E-state index contributed by atoms with van der Waals surface area (Å²) in [5.74, 6) is -2.12. The lowest BCUT2D eigenvalue weighted by atomic mass is 9.50. The maximum Gasteiger partial charge on any atom is 0.490 e. The average Bonchev–Trinajstić information content (AvgIpc) is 2.86. The van der Waals surface area contributed by atoms with Crippen molar-refractivity contribution >= 4 is 28.8 Å². The van der Waals surface area contributed by atoms with E-state index in [4.69, 9.17) is 15.0 Å². The van der Waals surface area contributed by atoms with Gasteiger partial charge in [0.1, 0.15) is 23.5 Å². The number of nitrogens with zero attached hydrogens (tertiary/aromatic N) is 2. The normalized spacial score (nSPS) is 23.7. The number of carboxylic acids is 2. The second-order valence-corrected chi connectivity index (χ2v) is 6.16. The topological polar surface area (TPSA) is 128 Å². The third-order valence-electron chi connectivity index (χ3n) is 4.32. The Balaban J connectivity index is 0.000000225. The van der Waals surface area contributed by atoms with Crippen LogP contribution in [0, 0.1) is 5.92 Å². The Hall–Kier alpha value is -2.85. The first kappa shape index (κ1) is 17.0. The zero-order valence-corrected chi connectivity index (χ0v) is 12.6. The van der Waals surface area contributed by atoms with E-state index in [0.29, 0.717) is 5.65 Å². The van der Waals surface area contributed by atoms with Crippen LogP contribution in [0.2, 0.25) is 0 Å². The lowest BCUT2D eigenvalue weighted by Gasteiger charge is -2.62. The molecule has 3 fully saturated rings. The Kier molecular flexibility index (Phi) is 3.81. The van der Waals surface area contributed by atoms with Gasteiger partial charge in [0.25, 0.3) is 0 Å². The van der Waals surface area contributed by atoms with Crippen LogP contribution in [0.1, 0.15) is 29.8 Å². The van der Waals surface area contributed by atoms with Crippen LogP contribution in [0.4, 0.5) is 19.0 Å². The number of halogens is 3. The molecule has 11 heteroatoms. The van der Waals surface area contributed by atoms with Crippen LogP contribution in [0.25, 0.3) is 11.0 Å². The van der Waals surface area contributed by atoms with Gasteiger partial charge in [-0.1, -0.05) is 0 Å². The van der Waals surface area contributed by atoms with Gasteiger partial charge >= 0.3 is 18.1 Å². The molecule has 3 saturated carbocycles. The fourth-order valence-electron chi connectivity index (χ4n) is 3.04. The molecule has 134 valence electrons. The molecule has 4 N–H and O–H groups in total. The first-order valence-electron chi connectivity index (χ1n) is 7.25. The number of anilines is 1. The zero-order valence-electron chi connectivity index (χ0n) is 12.6. The van der Waals surface area contributed by atoms with Crippen molar-refractivity contribution in [1.29, 1.82) is 0 Å². The van der Waals surface area contributed by atoms with Crippen molar-refractivity contribution in [1.82, 2.24) is 15.0 Å². The average molecular weight is 358 g/mol. The molecule has 0 aromatic carbocycles. The van der Waals surface area contributed by atoms with Gasteiger partial charge in [-0.3, -0.25) is 0 Å². The lowest BCUT2D eigenvalue weighted by Crippen LogP contribution is -2.63. The van der Waals surface area contributed by atoms with E-state index in [-0.39, 0.29) is 11.2 Å². The summed E-state index contributed by atoms with van der Waals surface area (Å²) in [6, 6.07) is 1.59. The summed E-state index contributed by atoms with van der Waals surface area (Å²) in [6.45, 7) is 0. The third-order valence-corrected chi connectivity index (χ3v) is 4.32. The number of H-pyrrole nitrogens is 1. The number of hydrogen-bond donors (Lipinski definition) is 4. The summed E-state index contributed by atoms with van der Waals surface area (Å²) in [4.78, 5) is 30.9. The van der Waals surface area contributed by atoms with E-state index < -0.39 is 18.1 Å². The van der Waals surface area contributed by atoms with Gasteiger partial charge in [-0.2, -0.15) is 13.2 Å². The van der Waals surface area contributed by atoms with Crippen LogP contribution in [0.5, 0.6) is 0 Å². The Labute approximate surface area is 138 Å². The number of aromatic nitrogens is 3. The van der Waals surface area contributed by atoms with Crippen molar-refractivity contribution in [3.63, 3.8) is 0 Å². The number of nitrogens with one attached hydrogen (secondary N) is 2. The van der Waals surface area contributed by atoms with E-state index >= 15 is 0 Å². The van der Waals surface area contributed by atoms with Crippen molar-refractivity contribution in [3.8, 4) is 0 Å². The van der Waals surface area contributed by atoms with Gasteiger partial charge in [0, 0.05) is 5.54 Å². The van der Waals surface area contributed by atoms with E-state index in [1.807, 2.05) is 0 Å². The molecule has 8 nitrogen and oxygen atoms in total. The molecule has 2 heterocycles. The highest BCUT2D eigenvalue weighted by Gasteiger charge is 2.56. The number of fused-ring (bicyclic) bond motifs is 1. The first-order chi connectivity index (χ1) is 11.6. The smallest absolute Gasteiger partial charge is 0.477 e. The van der Waals surface area contributed by atoms with Crippen LogP contribution in [0.15, 0.2) is 12.4 Å². The third kappa shape index (κ3) is 3.21. The Morgan fingerprint density at radius 2 is 1.84 bits per heavy atom. The number of hydrogen-bond acceptors (Lipinski definition) is 5. The number of alkyl halides is 3. The summed E-state index contributed by atoms with van der Waals surface area (Å²) in [5.41, 5.74) is 0.926. The molecule has 0 unspecified atom stereocenters. The van der Waals surface area contributed by atoms with Crippen LogP contribution >= 0.6 is 0 Å². The van der Waals surface area contributed by atoms with Crippen LogP contribution in [-0.2, 0) is 4.79 Å². The van der Waals surface area contributed by atoms with Crippen molar-refractivity contribution in [3.05, 3.63) is 18.1 Å². The summed E-state index contributed by atoms with van der Waals surface area (Å²) in [7, 11) is 0. The van der Waals surface area contributed by atoms with Crippen LogP contribution in [-0.4, -0.2) is 48.8 Å². The maximum absolute atomic E-state index is 10.9. The van der Waals surface area contributed by atoms with E-state index in [2.05, 4.69) is 20.3 Å². The van der Waals surface area contributed by atoms with Gasteiger partial charge < -0.3 is 20.5 Å². The number of carboxylic acid groups (broad SMARTS) is 2. The van der Waals surface area contributed by atoms with E-state index in [9.17, 15) is 18.0 Å². The SMILES string of the molecule is O=C(O)C(F)(F)F.O=C(O)c1cc2c(NC34CC(C3)C4)ncnc2[nH]1. The largest absolute Gasteiger partial charge is 0.490 e. The van der Waals surface area contributed by atoms with E-state index in [1.54, 1.807) is 6.07 Å². The van der Waals surface area contributed by atoms with Crippen molar-refractivity contribution in [2.75, 3.05) is 5.32 Å². The number of rotatable bonds is 3. The molecule has 2 bridgehead atoms. The van der Waals surface area contributed by atoms with Crippen LogP contribution < -0.4 is 5.32 Å². The lowest BCUT2D eigenvalue weighted by molar-refractivity contribution is -0.192. The quantitative estimate of drug-likeness (QED) is 0.662. The molecule has 25 heavy (non-hydrogen) atoms. The highest BCUT2D eigenvalue weighted by Crippen LogP contribution is 2.58. The summed E-state index contributed by atoms with van der Waals surface area (Å²) in [6.07, 6.45) is -0.0175. The molecular weight excluding hydrogens is 345 g/mol. The first-order valence-corrected chi connectivity index (χ1v) is 7.25. The number of aromatic carboxylic acids is 1. The predicted molar refractivity (Wildman–Crippen MR) is 78.2 cm³/mol. The number of carbonyl (C=O) groups is 2. The summed E-state index contributed by atoms with van der Waals surface area (Å²) in [5, 5.41) is 20.3. The number of aromatic amines is 1. The minimum absolute atomic E-state index is 0.145. The van der Waals surface area contributed by atoms with Crippen LogP contribution in [0.3, 0.4) is 0 Å². The minimum atomic E-state index is -5.08. The standard InChI is InChI=1S/C12H12N4O2.C2HF3O2/c17-11(18)8-1-7-9(15-8)13-5-14-10(7)16-12-2-6(3-12)4-12;3-2(4,5)1(6)7/h1,5-6H,2-4H2,(H,17,18)(H2,13,14,15,16);(H,6,7). The maximum atomic E-state index is 10.9. The van der Waals surface area contributed by atoms with Gasteiger partial charge in [0.15, 0.2) is 0 Å². The van der Waals surface area contributed by atoms with Crippen molar-refractivity contribution in [2.24, 2.45) is 5.92 Å². The molecular formula is C14H13F3N4O4. The summed E-state index contributed by atoms with van der Waals surface area (Å²) < 4.78 is 31.7. The monoisotopic (exact) mass is 358 g/mol. The van der Waals surface area contributed by atoms with Gasteiger partial charge in [-0.25, -0.2) is 19.6 Å². The van der Waals surface area contributed by atoms with Gasteiger partial charge in [-0.15, -0.1) is 0 Å². The van der Waals surface area contributed by atoms with Crippen molar-refractivity contribution < 1.29 is 33.0 Å². The summed E-state index contributed by atoms with van der Waals surface area (Å²) >= 11 is 0. The predicted octanol–water partition coefficient (Wildman–Crippen LogP) is 2.25. The Morgan fingerprint density at radius 3 is 2.28 bits per heavy atom. The molecule has 5 rings (SSSR count). The van der Waals surface area contributed by atoms with Crippen molar-refractivity contribution in [2.45, 2.75) is 31.0 Å². The fourth-order valence-corrected chi connectivity index (χ4v) is 3.04. The minimum Gasteiger partial charge on any atom is -0.477 e. The fraction of sp³-hybridized carbons (Fsp3) is 0.429.